The minimum atomic E-state index is -1.52. The number of aliphatic carboxylic acids is 1. The first-order chi connectivity index (χ1) is 16.2. The van der Waals surface area contributed by atoms with Gasteiger partial charge < -0.3 is 31.9 Å². The highest BCUT2D eigenvalue weighted by Crippen LogP contribution is 2.05. The van der Waals surface area contributed by atoms with Crippen molar-refractivity contribution in [1.82, 2.24) is 16.0 Å². The number of aliphatic hydroxyl groups excluding tert-OH is 1. The van der Waals surface area contributed by atoms with Crippen LogP contribution in [0.3, 0.4) is 0 Å². The number of amides is 3. The number of carboxylic acids is 1. The predicted molar refractivity (Wildman–Crippen MR) is 124 cm³/mol. The second kappa shape index (κ2) is 13.1. The summed E-state index contributed by atoms with van der Waals surface area (Å²) in [5.74, 6) is -3.36. The molecule has 2 aromatic carbocycles. The minimum absolute atomic E-state index is 0.0738. The summed E-state index contributed by atoms with van der Waals surface area (Å²) in [4.78, 5) is 49.1. The SMILES string of the molecule is CC(NC(=O)C(N)Cc1ccccc1)C(=O)NC(Cc1ccccc1)C(=O)NC(CO)C(=O)O. The topological polar surface area (TPSA) is 171 Å². The molecular weight excluding hydrogens is 440 g/mol. The number of nitrogens with one attached hydrogen (secondary N) is 3. The van der Waals surface area contributed by atoms with Crippen LogP contribution in [0.15, 0.2) is 60.7 Å². The van der Waals surface area contributed by atoms with Crippen LogP contribution < -0.4 is 21.7 Å². The van der Waals surface area contributed by atoms with E-state index in [9.17, 15) is 24.3 Å². The summed E-state index contributed by atoms with van der Waals surface area (Å²) in [5.41, 5.74) is 7.56. The normalized spacial score (nSPS) is 14.2. The molecule has 10 heteroatoms. The van der Waals surface area contributed by atoms with E-state index in [1.165, 1.54) is 6.92 Å². The molecule has 0 aromatic heterocycles. The Bertz CT molecular complexity index is 970. The molecule has 34 heavy (non-hydrogen) atoms. The lowest BCUT2D eigenvalue weighted by Gasteiger charge is -2.23. The maximum Gasteiger partial charge on any atom is 0.328 e. The number of hydrogen-bond donors (Lipinski definition) is 6. The Morgan fingerprint density at radius 2 is 1.26 bits per heavy atom. The smallest absolute Gasteiger partial charge is 0.328 e. The molecule has 0 saturated carbocycles. The molecule has 4 atom stereocenters. The van der Waals surface area contributed by atoms with Crippen molar-refractivity contribution in [2.45, 2.75) is 43.9 Å². The largest absolute Gasteiger partial charge is 0.480 e. The van der Waals surface area contributed by atoms with Crippen molar-refractivity contribution < 1.29 is 29.4 Å². The second-order valence-electron chi connectivity index (χ2n) is 7.86. The van der Waals surface area contributed by atoms with Gasteiger partial charge in [0.25, 0.3) is 0 Å². The molecule has 0 aliphatic heterocycles. The van der Waals surface area contributed by atoms with Gasteiger partial charge in [-0.2, -0.15) is 0 Å². The molecule has 2 aromatic rings. The lowest BCUT2D eigenvalue weighted by atomic mass is 10.0. The van der Waals surface area contributed by atoms with E-state index >= 15 is 0 Å². The molecular formula is C24H30N4O6. The molecule has 0 spiro atoms. The Balaban J connectivity index is 2.03. The molecule has 0 saturated heterocycles. The van der Waals surface area contributed by atoms with Crippen LogP contribution in [-0.4, -0.2) is 64.7 Å². The van der Waals surface area contributed by atoms with Gasteiger partial charge in [-0.15, -0.1) is 0 Å². The van der Waals surface area contributed by atoms with Crippen LogP contribution in [0, 0.1) is 0 Å². The molecule has 182 valence electrons. The van der Waals surface area contributed by atoms with Crippen LogP contribution in [-0.2, 0) is 32.0 Å². The van der Waals surface area contributed by atoms with E-state index in [1.54, 1.807) is 30.3 Å². The third-order valence-corrected chi connectivity index (χ3v) is 5.10. The standard InChI is InChI=1S/C24H30N4O6/c1-15(26-22(31)18(25)12-16-8-4-2-5-9-16)21(30)27-19(13-17-10-6-3-7-11-17)23(32)28-20(14-29)24(33)34/h2-11,15,18-20,29H,12-14,25H2,1H3,(H,26,31)(H,27,30)(H,28,32)(H,33,34). The van der Waals surface area contributed by atoms with Crippen molar-refractivity contribution in [3.63, 3.8) is 0 Å². The number of carbonyl (C=O) groups excluding carboxylic acids is 3. The number of carboxylic acid groups (broad SMARTS) is 1. The maximum atomic E-state index is 12.7. The highest BCUT2D eigenvalue weighted by molar-refractivity contribution is 5.94. The van der Waals surface area contributed by atoms with Crippen LogP contribution in [0.1, 0.15) is 18.1 Å². The van der Waals surface area contributed by atoms with Gasteiger partial charge in [0.1, 0.15) is 18.1 Å². The van der Waals surface area contributed by atoms with Gasteiger partial charge in [0, 0.05) is 6.42 Å². The Morgan fingerprint density at radius 1 is 0.765 bits per heavy atom. The minimum Gasteiger partial charge on any atom is -0.480 e. The number of carbonyl (C=O) groups is 4. The van der Waals surface area contributed by atoms with Crippen molar-refractivity contribution >= 4 is 23.7 Å². The van der Waals surface area contributed by atoms with E-state index in [2.05, 4.69) is 16.0 Å². The van der Waals surface area contributed by atoms with E-state index in [4.69, 9.17) is 10.8 Å². The molecule has 10 nitrogen and oxygen atoms in total. The summed E-state index contributed by atoms with van der Waals surface area (Å²) >= 11 is 0. The van der Waals surface area contributed by atoms with Gasteiger partial charge in [-0.05, 0) is 24.5 Å². The second-order valence-corrected chi connectivity index (χ2v) is 7.86. The monoisotopic (exact) mass is 470 g/mol. The summed E-state index contributed by atoms with van der Waals surface area (Å²) in [7, 11) is 0. The average Bonchev–Trinajstić information content (AvgIpc) is 2.82. The van der Waals surface area contributed by atoms with E-state index in [1.807, 2.05) is 30.3 Å². The Labute approximate surface area is 197 Å². The van der Waals surface area contributed by atoms with Gasteiger partial charge in [-0.3, -0.25) is 14.4 Å². The predicted octanol–water partition coefficient (Wildman–Crippen LogP) is -0.650. The fourth-order valence-corrected chi connectivity index (χ4v) is 3.16. The molecule has 0 bridgehead atoms. The number of hydrogen-bond acceptors (Lipinski definition) is 6. The van der Waals surface area contributed by atoms with Crippen LogP contribution in [0.4, 0.5) is 0 Å². The number of rotatable bonds is 12. The first-order valence-corrected chi connectivity index (χ1v) is 10.8. The number of aliphatic hydroxyl groups is 1. The average molecular weight is 471 g/mol. The van der Waals surface area contributed by atoms with E-state index < -0.39 is 54.5 Å². The van der Waals surface area contributed by atoms with Gasteiger partial charge in [0.2, 0.25) is 17.7 Å². The zero-order valence-corrected chi connectivity index (χ0v) is 18.8. The first kappa shape index (κ1) is 26.5. The summed E-state index contributed by atoms with van der Waals surface area (Å²) < 4.78 is 0. The van der Waals surface area contributed by atoms with Crippen LogP contribution >= 0.6 is 0 Å². The Hall–Kier alpha value is -3.76. The molecule has 0 fully saturated rings. The fraction of sp³-hybridized carbons (Fsp3) is 0.333. The van der Waals surface area contributed by atoms with Crippen molar-refractivity contribution in [2.75, 3.05) is 6.61 Å². The molecule has 0 aliphatic rings. The van der Waals surface area contributed by atoms with Gasteiger partial charge in [0.15, 0.2) is 0 Å². The molecule has 2 rings (SSSR count). The summed E-state index contributed by atoms with van der Waals surface area (Å²) in [5, 5.41) is 25.6. The van der Waals surface area contributed by atoms with Crippen LogP contribution in [0.2, 0.25) is 0 Å². The first-order valence-electron chi connectivity index (χ1n) is 10.8. The van der Waals surface area contributed by atoms with Gasteiger partial charge in [-0.1, -0.05) is 60.7 Å². The number of benzene rings is 2. The highest BCUT2D eigenvalue weighted by Gasteiger charge is 2.28. The summed E-state index contributed by atoms with van der Waals surface area (Å²) in [6.45, 7) is 0.645. The molecule has 0 radical (unpaired) electrons. The van der Waals surface area contributed by atoms with Crippen molar-refractivity contribution in [3.05, 3.63) is 71.8 Å². The fourth-order valence-electron chi connectivity index (χ4n) is 3.16. The highest BCUT2D eigenvalue weighted by atomic mass is 16.4. The van der Waals surface area contributed by atoms with Gasteiger partial charge in [-0.25, -0.2) is 4.79 Å². The molecule has 7 N–H and O–H groups in total. The molecule has 0 aliphatic carbocycles. The van der Waals surface area contributed by atoms with Crippen LogP contribution in [0.5, 0.6) is 0 Å². The van der Waals surface area contributed by atoms with Crippen LogP contribution in [0.25, 0.3) is 0 Å². The number of nitrogens with two attached hydrogens (primary N) is 1. The quantitative estimate of drug-likeness (QED) is 0.239. The van der Waals surface area contributed by atoms with Crippen molar-refractivity contribution in [1.29, 1.82) is 0 Å². The lowest BCUT2D eigenvalue weighted by molar-refractivity contribution is -0.143. The zero-order valence-electron chi connectivity index (χ0n) is 18.8. The van der Waals surface area contributed by atoms with Gasteiger partial charge >= 0.3 is 5.97 Å². The Kier molecular flexibility index (Phi) is 10.2. The third kappa shape index (κ3) is 8.30. The van der Waals surface area contributed by atoms with Crippen molar-refractivity contribution in [2.24, 2.45) is 5.73 Å². The summed E-state index contributed by atoms with van der Waals surface area (Å²) in [6, 6.07) is 13.5. The van der Waals surface area contributed by atoms with E-state index in [0.29, 0.717) is 0 Å². The molecule has 4 unspecified atom stereocenters. The molecule has 3 amide bonds. The Morgan fingerprint density at radius 3 is 1.76 bits per heavy atom. The van der Waals surface area contributed by atoms with E-state index in [-0.39, 0.29) is 12.8 Å². The maximum absolute atomic E-state index is 12.7. The molecule has 0 heterocycles. The summed E-state index contributed by atoms with van der Waals surface area (Å²) in [6.07, 6.45) is 0.363. The van der Waals surface area contributed by atoms with E-state index in [0.717, 1.165) is 11.1 Å². The third-order valence-electron chi connectivity index (χ3n) is 5.10. The zero-order chi connectivity index (χ0) is 25.1. The lowest BCUT2D eigenvalue weighted by Crippen LogP contribution is -2.57. The van der Waals surface area contributed by atoms with Gasteiger partial charge in [0.05, 0.1) is 12.6 Å². The van der Waals surface area contributed by atoms with Crippen molar-refractivity contribution in [3.8, 4) is 0 Å².